The molecule has 5 rings (SSSR count). The first kappa shape index (κ1) is 27.2. The van der Waals surface area contributed by atoms with Crippen LogP contribution in [0.25, 0.3) is 27.5 Å². The average Bonchev–Trinajstić information content (AvgIpc) is 3.45. The van der Waals surface area contributed by atoms with Gasteiger partial charge in [0, 0.05) is 22.7 Å². The number of ether oxygens (including phenoxy) is 1. The molecule has 1 amide bonds. The number of halogens is 3. The number of hydrogen-bond acceptors (Lipinski definition) is 7. The van der Waals surface area contributed by atoms with Crippen molar-refractivity contribution in [2.75, 3.05) is 13.4 Å². The number of aromatic amines is 1. The number of carbonyl (C=O) groups is 1. The molecule has 3 heterocycles. The number of amides is 1. The molecule has 0 fully saturated rings. The smallest absolute Gasteiger partial charge is 0.416 e. The average molecular weight is 593 g/mol. The molecule has 0 aliphatic carbocycles. The quantitative estimate of drug-likeness (QED) is 0.311. The lowest BCUT2D eigenvalue weighted by atomic mass is 10.1. The fourth-order valence-electron chi connectivity index (χ4n) is 4.45. The van der Waals surface area contributed by atoms with Crippen LogP contribution in [0, 0.1) is 0 Å². The van der Waals surface area contributed by atoms with Crippen LogP contribution in [-0.2, 0) is 22.7 Å². The molecule has 3 aromatic heterocycles. The van der Waals surface area contributed by atoms with E-state index in [-0.39, 0.29) is 28.4 Å². The standard InChI is InChI=1S/C25H19F3N4O6S2/c1-38-15-5-3-4-13(8-15)10-31-19-7-6-14(25(26,27)28)9-16(19)20(21(31)22(33)30-40(2,36)37)32-23(34)17-11-39-12-18(17)29-24(32)35/h3-9,11-12H,10H2,1-2H3,(H,29,35)(H,30,33). The molecule has 0 aliphatic heterocycles. The predicted molar refractivity (Wildman–Crippen MR) is 143 cm³/mol. The molecular weight excluding hydrogens is 573 g/mol. The van der Waals surface area contributed by atoms with Gasteiger partial charge in [-0.2, -0.15) is 13.2 Å². The van der Waals surface area contributed by atoms with E-state index in [1.165, 1.54) is 22.4 Å². The highest BCUT2D eigenvalue weighted by Crippen LogP contribution is 2.36. The van der Waals surface area contributed by atoms with Gasteiger partial charge in [0.15, 0.2) is 0 Å². The van der Waals surface area contributed by atoms with Crippen molar-refractivity contribution in [2.45, 2.75) is 12.7 Å². The summed E-state index contributed by atoms with van der Waals surface area (Å²) in [5.41, 5.74) is -3.25. The number of hydrogen-bond donors (Lipinski definition) is 2. The van der Waals surface area contributed by atoms with Gasteiger partial charge in [-0.15, -0.1) is 11.3 Å². The zero-order valence-electron chi connectivity index (χ0n) is 20.7. The van der Waals surface area contributed by atoms with Crippen molar-refractivity contribution in [3.63, 3.8) is 0 Å². The van der Waals surface area contributed by atoms with E-state index >= 15 is 0 Å². The lowest BCUT2D eigenvalue weighted by Crippen LogP contribution is -2.37. The Hall–Kier alpha value is -4.37. The first-order chi connectivity index (χ1) is 18.8. The first-order valence-corrected chi connectivity index (χ1v) is 14.2. The highest BCUT2D eigenvalue weighted by molar-refractivity contribution is 7.89. The number of alkyl halides is 3. The number of nitrogens with zero attached hydrogens (tertiary/aromatic N) is 2. The SMILES string of the molecule is COc1cccc(Cn2c(C(=O)NS(C)(=O)=O)c(-n3c(=O)[nH]c4cscc4c3=O)c3cc(C(F)(F)F)ccc32)c1. The summed E-state index contributed by atoms with van der Waals surface area (Å²) >= 11 is 1.11. The molecule has 2 N–H and O–H groups in total. The first-order valence-electron chi connectivity index (χ1n) is 11.4. The van der Waals surface area contributed by atoms with Crippen LogP contribution in [-0.4, -0.2) is 41.8 Å². The van der Waals surface area contributed by atoms with E-state index in [2.05, 4.69) is 4.98 Å². The topological polar surface area (TPSA) is 132 Å². The number of thiophene rings is 1. The lowest BCUT2D eigenvalue weighted by molar-refractivity contribution is -0.137. The van der Waals surface area contributed by atoms with Gasteiger partial charge >= 0.3 is 11.9 Å². The van der Waals surface area contributed by atoms with Gasteiger partial charge in [-0.1, -0.05) is 12.1 Å². The molecule has 0 bridgehead atoms. The number of methoxy groups -OCH3 is 1. The largest absolute Gasteiger partial charge is 0.497 e. The van der Waals surface area contributed by atoms with Crippen molar-refractivity contribution in [1.29, 1.82) is 0 Å². The minimum atomic E-state index is -4.80. The fraction of sp³-hybridized carbons (Fsp3) is 0.160. The molecule has 0 aliphatic rings. The van der Waals surface area contributed by atoms with Gasteiger partial charge in [-0.3, -0.25) is 9.59 Å². The Kier molecular flexibility index (Phi) is 6.58. The number of benzene rings is 2. The van der Waals surface area contributed by atoms with Gasteiger partial charge in [-0.05, 0) is 35.9 Å². The molecule has 0 spiro atoms. The Labute approximate surface area is 227 Å². The molecule has 0 saturated heterocycles. The molecule has 0 saturated carbocycles. The van der Waals surface area contributed by atoms with Gasteiger partial charge in [0.05, 0.1) is 41.0 Å². The van der Waals surface area contributed by atoms with Gasteiger partial charge in [-0.25, -0.2) is 22.5 Å². The molecule has 0 radical (unpaired) electrons. The normalized spacial score (nSPS) is 12.2. The Morgan fingerprint density at radius 3 is 2.52 bits per heavy atom. The Bertz CT molecular complexity index is 2040. The van der Waals surface area contributed by atoms with Crippen LogP contribution < -0.4 is 20.7 Å². The van der Waals surface area contributed by atoms with Crippen molar-refractivity contribution < 1.29 is 31.1 Å². The zero-order chi connectivity index (χ0) is 29.0. The number of H-pyrrole nitrogens is 1. The van der Waals surface area contributed by atoms with E-state index in [9.17, 15) is 36.0 Å². The van der Waals surface area contributed by atoms with Crippen molar-refractivity contribution in [3.05, 3.63) is 90.9 Å². The molecule has 5 aromatic rings. The van der Waals surface area contributed by atoms with Crippen LogP contribution >= 0.6 is 11.3 Å². The number of fused-ring (bicyclic) bond motifs is 2. The van der Waals surface area contributed by atoms with Gasteiger partial charge in [0.1, 0.15) is 11.4 Å². The summed E-state index contributed by atoms with van der Waals surface area (Å²) in [5, 5.41) is 2.74. The van der Waals surface area contributed by atoms with E-state index in [1.54, 1.807) is 24.3 Å². The molecule has 40 heavy (non-hydrogen) atoms. The summed E-state index contributed by atoms with van der Waals surface area (Å²) < 4.78 is 74.3. The molecule has 0 unspecified atom stereocenters. The molecule has 0 atom stereocenters. The third-order valence-electron chi connectivity index (χ3n) is 6.10. The Balaban J connectivity index is 1.94. The number of nitrogens with one attached hydrogen (secondary N) is 2. The second-order valence-electron chi connectivity index (χ2n) is 8.84. The summed E-state index contributed by atoms with van der Waals surface area (Å²) in [4.78, 5) is 42.7. The summed E-state index contributed by atoms with van der Waals surface area (Å²) in [5.74, 6) is -0.798. The van der Waals surface area contributed by atoms with Crippen LogP contribution in [0.4, 0.5) is 13.2 Å². The maximum atomic E-state index is 13.8. The summed E-state index contributed by atoms with van der Waals surface area (Å²) in [6.45, 7) is -0.154. The van der Waals surface area contributed by atoms with Crippen molar-refractivity contribution >= 4 is 49.1 Å². The van der Waals surface area contributed by atoms with Gasteiger partial charge in [0.2, 0.25) is 10.0 Å². The number of carbonyl (C=O) groups excluding carboxylic acids is 1. The molecule has 2 aromatic carbocycles. The maximum Gasteiger partial charge on any atom is 0.416 e. The fourth-order valence-corrected chi connectivity index (χ4v) is 5.64. The van der Waals surface area contributed by atoms with Crippen LogP contribution in [0.15, 0.2) is 62.8 Å². The Morgan fingerprint density at radius 1 is 1.10 bits per heavy atom. The van der Waals surface area contributed by atoms with Crippen LogP contribution in [0.2, 0.25) is 0 Å². The van der Waals surface area contributed by atoms with Crippen molar-refractivity contribution in [1.82, 2.24) is 18.8 Å². The second-order valence-corrected chi connectivity index (χ2v) is 11.3. The minimum absolute atomic E-state index is 0.0428. The number of sulfonamides is 1. The Morgan fingerprint density at radius 2 is 1.85 bits per heavy atom. The highest BCUT2D eigenvalue weighted by Gasteiger charge is 2.34. The molecule has 10 nitrogen and oxygen atoms in total. The van der Waals surface area contributed by atoms with Gasteiger partial charge < -0.3 is 14.3 Å². The minimum Gasteiger partial charge on any atom is -0.497 e. The highest BCUT2D eigenvalue weighted by atomic mass is 32.2. The van der Waals surface area contributed by atoms with Crippen molar-refractivity contribution in [2.24, 2.45) is 0 Å². The summed E-state index contributed by atoms with van der Waals surface area (Å²) in [7, 11) is -2.73. The number of rotatable bonds is 6. The molecule has 15 heteroatoms. The van der Waals surface area contributed by atoms with Crippen molar-refractivity contribution in [3.8, 4) is 11.4 Å². The molecular formula is C25H19F3N4O6S2. The van der Waals surface area contributed by atoms with Crippen LogP contribution in [0.3, 0.4) is 0 Å². The zero-order valence-corrected chi connectivity index (χ0v) is 22.3. The lowest BCUT2D eigenvalue weighted by Gasteiger charge is -2.13. The summed E-state index contributed by atoms with van der Waals surface area (Å²) in [6, 6.07) is 9.19. The summed E-state index contributed by atoms with van der Waals surface area (Å²) in [6.07, 6.45) is -4.08. The maximum absolute atomic E-state index is 13.8. The second kappa shape index (κ2) is 9.67. The van der Waals surface area contributed by atoms with Crippen LogP contribution in [0.5, 0.6) is 5.75 Å². The van der Waals surface area contributed by atoms with E-state index in [0.29, 0.717) is 21.9 Å². The van der Waals surface area contributed by atoms with Crippen LogP contribution in [0.1, 0.15) is 21.6 Å². The molecule has 208 valence electrons. The van der Waals surface area contributed by atoms with E-state index < -0.39 is 50.3 Å². The third-order valence-corrected chi connectivity index (χ3v) is 7.40. The van der Waals surface area contributed by atoms with E-state index in [1.807, 2.05) is 4.72 Å². The third kappa shape index (κ3) is 4.88. The predicted octanol–water partition coefficient (Wildman–Crippen LogP) is 3.46. The van der Waals surface area contributed by atoms with Gasteiger partial charge in [0.25, 0.3) is 11.5 Å². The van der Waals surface area contributed by atoms with E-state index in [4.69, 9.17) is 4.74 Å². The van der Waals surface area contributed by atoms with E-state index in [0.717, 1.165) is 29.7 Å². The number of aromatic nitrogens is 3. The monoisotopic (exact) mass is 592 g/mol.